The van der Waals surface area contributed by atoms with Crippen molar-refractivity contribution in [2.75, 3.05) is 5.32 Å². The molecule has 180 valence electrons. The molecule has 8 heteroatoms. The van der Waals surface area contributed by atoms with Crippen molar-refractivity contribution in [1.82, 2.24) is 10.3 Å². The van der Waals surface area contributed by atoms with Gasteiger partial charge in [-0.3, -0.25) is 4.79 Å². The summed E-state index contributed by atoms with van der Waals surface area (Å²) in [4.78, 5) is 27.1. The number of hydrogen-bond donors (Lipinski definition) is 3. The number of aromatic nitrogens is 1. The Bertz CT molecular complexity index is 956. The van der Waals surface area contributed by atoms with Gasteiger partial charge in [0.25, 0.3) is 0 Å². The number of phenols is 1. The third kappa shape index (κ3) is 7.37. The van der Waals surface area contributed by atoms with Gasteiger partial charge in [0.15, 0.2) is 0 Å². The van der Waals surface area contributed by atoms with Gasteiger partial charge < -0.3 is 25.2 Å². The summed E-state index contributed by atoms with van der Waals surface area (Å²) < 4.78 is 11.4. The molecule has 8 nitrogen and oxygen atoms in total. The van der Waals surface area contributed by atoms with Gasteiger partial charge in [0.2, 0.25) is 6.41 Å². The summed E-state index contributed by atoms with van der Waals surface area (Å²) >= 11 is 0. The van der Waals surface area contributed by atoms with Gasteiger partial charge in [-0.2, -0.15) is 0 Å². The molecule has 1 aliphatic carbocycles. The van der Waals surface area contributed by atoms with Crippen molar-refractivity contribution in [2.24, 2.45) is 0 Å². The number of ether oxygens (including phenoxy) is 2. The van der Waals surface area contributed by atoms with E-state index in [1.165, 1.54) is 0 Å². The number of alkyl carbamates (subject to hydrolysis) is 1. The van der Waals surface area contributed by atoms with Gasteiger partial charge in [-0.05, 0) is 57.9 Å². The fourth-order valence-corrected chi connectivity index (χ4v) is 3.42. The first kappa shape index (κ1) is 26.0. The number of nitrogens with zero attached hydrogens (tertiary/aromatic N) is 1. The number of phenolic OH excluding ortho intramolecular Hbond substituents is 1. The normalized spacial score (nSPS) is 16.7. The minimum Gasteiger partial charge on any atom is -0.508 e. The van der Waals surface area contributed by atoms with Crippen LogP contribution >= 0.6 is 0 Å². The van der Waals surface area contributed by atoms with E-state index < -0.39 is 11.7 Å². The summed E-state index contributed by atoms with van der Waals surface area (Å²) in [6.07, 6.45) is 3.95. The van der Waals surface area contributed by atoms with Gasteiger partial charge in [0.1, 0.15) is 28.7 Å². The first-order valence-corrected chi connectivity index (χ1v) is 11.4. The van der Waals surface area contributed by atoms with Gasteiger partial charge >= 0.3 is 6.09 Å². The van der Waals surface area contributed by atoms with E-state index in [1.807, 2.05) is 41.5 Å². The van der Waals surface area contributed by atoms with Crippen molar-refractivity contribution in [1.29, 1.82) is 0 Å². The monoisotopic (exact) mass is 457 g/mol. The maximum absolute atomic E-state index is 12.0. The average Bonchev–Trinajstić information content (AvgIpc) is 3.50. The Morgan fingerprint density at radius 3 is 2.64 bits per heavy atom. The lowest BCUT2D eigenvalue weighted by molar-refractivity contribution is -0.105. The van der Waals surface area contributed by atoms with E-state index >= 15 is 0 Å². The molecular weight excluding hydrogens is 422 g/mol. The predicted octanol–water partition coefficient (Wildman–Crippen LogP) is 5.51. The van der Waals surface area contributed by atoms with E-state index in [9.17, 15) is 14.7 Å². The van der Waals surface area contributed by atoms with E-state index in [-0.39, 0.29) is 17.7 Å². The van der Waals surface area contributed by atoms with Crippen LogP contribution in [-0.4, -0.2) is 34.2 Å². The maximum atomic E-state index is 12.0. The van der Waals surface area contributed by atoms with Crippen molar-refractivity contribution >= 4 is 18.3 Å². The molecule has 3 rings (SSSR count). The average molecular weight is 458 g/mol. The largest absolute Gasteiger partial charge is 0.508 e. The van der Waals surface area contributed by atoms with E-state index in [4.69, 9.17) is 9.47 Å². The van der Waals surface area contributed by atoms with Crippen molar-refractivity contribution in [2.45, 2.75) is 78.4 Å². The molecule has 0 aliphatic heterocycles. The number of aromatic hydroxyl groups is 1. The molecule has 1 saturated carbocycles. The lowest BCUT2D eigenvalue weighted by Crippen LogP contribution is -2.34. The van der Waals surface area contributed by atoms with Crippen LogP contribution < -0.4 is 15.4 Å². The van der Waals surface area contributed by atoms with E-state index in [0.717, 1.165) is 12.0 Å². The van der Waals surface area contributed by atoms with Gasteiger partial charge in [0, 0.05) is 29.3 Å². The molecule has 3 N–H and O–H groups in total. The third-order valence-corrected chi connectivity index (χ3v) is 4.83. The Hall–Kier alpha value is -3.29. The first-order valence-electron chi connectivity index (χ1n) is 11.4. The standard InChI is InChI=1S/C23H29N3O5.C2H6/c1-5-6-15-20(9-10-24-21(15)25-13-27)30-14-7-8-19(28)17(11-14)16-12-18(16)26-22(29)31-23(2,3)4;1-2/h7-11,13,16,18,28H,5-6,12H2,1-4H3,(H,26,29)(H,24,25,27);1-2H3/t16-,18?;/m1./s1. The van der Waals surface area contributed by atoms with Crippen LogP contribution in [0.1, 0.15) is 71.4 Å². The molecule has 1 aromatic heterocycles. The van der Waals surface area contributed by atoms with Crippen LogP contribution in [0.25, 0.3) is 0 Å². The molecule has 0 spiro atoms. The second-order valence-corrected chi connectivity index (χ2v) is 8.57. The number of anilines is 1. The fraction of sp³-hybridized carbons (Fsp3) is 0.480. The molecule has 2 aromatic rings. The number of pyridine rings is 1. The van der Waals surface area contributed by atoms with E-state index in [0.29, 0.717) is 42.1 Å². The molecule has 1 aliphatic rings. The first-order chi connectivity index (χ1) is 15.7. The van der Waals surface area contributed by atoms with Gasteiger partial charge in [-0.25, -0.2) is 9.78 Å². The minimum absolute atomic E-state index is 0.0177. The summed E-state index contributed by atoms with van der Waals surface area (Å²) in [5.74, 6) is 1.75. The van der Waals surface area contributed by atoms with Crippen LogP contribution in [0, 0.1) is 0 Å². The SMILES string of the molecule is CC.CCCc1c(Oc2ccc(O)c([C@H]3CC3NC(=O)OC(C)(C)C)c2)ccnc1NC=O. The highest BCUT2D eigenvalue weighted by Crippen LogP contribution is 2.46. The number of carbonyl (C=O) groups excluding carboxylic acids is 2. The molecule has 2 atom stereocenters. The number of hydrogen-bond acceptors (Lipinski definition) is 6. The van der Waals surface area contributed by atoms with Crippen LogP contribution in [0.4, 0.5) is 10.6 Å². The minimum atomic E-state index is -0.567. The van der Waals surface area contributed by atoms with Gasteiger partial charge in [-0.15, -0.1) is 0 Å². The second-order valence-electron chi connectivity index (χ2n) is 8.57. The second kappa shape index (κ2) is 11.5. The van der Waals surface area contributed by atoms with Gasteiger partial charge in [0.05, 0.1) is 0 Å². The van der Waals surface area contributed by atoms with Crippen LogP contribution in [0.5, 0.6) is 17.2 Å². The Morgan fingerprint density at radius 1 is 1.27 bits per heavy atom. The summed E-state index contributed by atoms with van der Waals surface area (Å²) in [6.45, 7) is 11.5. The van der Waals surface area contributed by atoms with Crippen molar-refractivity contribution < 1.29 is 24.2 Å². The molecule has 1 fully saturated rings. The summed E-state index contributed by atoms with van der Waals surface area (Å²) in [7, 11) is 0. The van der Waals surface area contributed by atoms with Crippen molar-refractivity contribution in [3.63, 3.8) is 0 Å². The zero-order valence-electron chi connectivity index (χ0n) is 20.3. The summed E-state index contributed by atoms with van der Waals surface area (Å²) in [5, 5.41) is 15.8. The van der Waals surface area contributed by atoms with Crippen LogP contribution in [0.15, 0.2) is 30.5 Å². The molecule has 1 unspecified atom stereocenters. The van der Waals surface area contributed by atoms with E-state index in [1.54, 1.807) is 30.5 Å². The fourth-order valence-electron chi connectivity index (χ4n) is 3.42. The molecule has 33 heavy (non-hydrogen) atoms. The van der Waals surface area contributed by atoms with Crippen molar-refractivity contribution in [3.8, 4) is 17.2 Å². The van der Waals surface area contributed by atoms with Gasteiger partial charge in [-0.1, -0.05) is 27.2 Å². The number of nitrogens with one attached hydrogen (secondary N) is 2. The highest BCUT2D eigenvalue weighted by atomic mass is 16.6. The smallest absolute Gasteiger partial charge is 0.407 e. The van der Waals surface area contributed by atoms with Crippen LogP contribution in [0.3, 0.4) is 0 Å². The quantitative estimate of drug-likeness (QED) is 0.451. The van der Waals surface area contributed by atoms with Crippen molar-refractivity contribution in [3.05, 3.63) is 41.6 Å². The lowest BCUT2D eigenvalue weighted by atomic mass is 10.1. The highest BCUT2D eigenvalue weighted by molar-refractivity contribution is 5.72. The molecule has 0 bridgehead atoms. The number of benzene rings is 1. The molecule has 1 aromatic carbocycles. The van der Waals surface area contributed by atoms with Crippen LogP contribution in [0.2, 0.25) is 0 Å². The summed E-state index contributed by atoms with van der Waals surface area (Å²) in [6, 6.07) is 6.69. The lowest BCUT2D eigenvalue weighted by Gasteiger charge is -2.19. The number of amides is 2. The zero-order chi connectivity index (χ0) is 24.6. The maximum Gasteiger partial charge on any atom is 0.407 e. The zero-order valence-corrected chi connectivity index (χ0v) is 20.3. The number of rotatable bonds is 8. The molecular formula is C25H35N3O5. The predicted molar refractivity (Wildman–Crippen MR) is 128 cm³/mol. The Morgan fingerprint density at radius 2 is 2.00 bits per heavy atom. The topological polar surface area (TPSA) is 110 Å². The number of carbonyl (C=O) groups is 2. The molecule has 2 amide bonds. The van der Waals surface area contributed by atoms with Crippen LogP contribution in [-0.2, 0) is 16.0 Å². The Balaban J connectivity index is 0.00000187. The van der Waals surface area contributed by atoms with E-state index in [2.05, 4.69) is 15.6 Å². The highest BCUT2D eigenvalue weighted by Gasteiger charge is 2.42. The molecule has 0 saturated heterocycles. The Kier molecular flexibility index (Phi) is 9.08. The Labute approximate surface area is 195 Å². The molecule has 1 heterocycles. The summed E-state index contributed by atoms with van der Waals surface area (Å²) in [5.41, 5.74) is 0.946. The third-order valence-electron chi connectivity index (χ3n) is 4.83. The molecule has 0 radical (unpaired) electrons.